The smallest absolute Gasteiger partial charge is 0.309 e. The van der Waals surface area contributed by atoms with E-state index in [1.807, 2.05) is 18.2 Å². The van der Waals surface area contributed by atoms with E-state index in [2.05, 4.69) is 116 Å². The van der Waals surface area contributed by atoms with Gasteiger partial charge in [0.1, 0.15) is 11.7 Å². The van der Waals surface area contributed by atoms with Crippen LogP contribution in [-0.4, -0.2) is 23.5 Å². The average molecular weight is 564 g/mol. The van der Waals surface area contributed by atoms with Crippen LogP contribution in [0.15, 0.2) is 91.0 Å². The Bertz CT molecular complexity index is 1020. The Labute approximate surface area is 230 Å². The lowest BCUT2D eigenvalue weighted by Crippen LogP contribution is -2.36. The molecular weight excluding hydrogens is 524 g/mol. The third-order valence-electron chi connectivity index (χ3n) is 7.79. The van der Waals surface area contributed by atoms with Crippen LogP contribution in [0, 0.1) is 23.7 Å². The fraction of sp³-hybridized carbons (Fsp3) is 0.424. The molecule has 1 aliphatic rings. The lowest BCUT2D eigenvalue weighted by atomic mass is 9.79. The van der Waals surface area contributed by atoms with E-state index in [1.165, 1.54) is 0 Å². The van der Waals surface area contributed by atoms with Crippen LogP contribution in [0.5, 0.6) is 0 Å². The van der Waals surface area contributed by atoms with Gasteiger partial charge in [-0.25, -0.2) is 0 Å². The number of carbonyl (C=O) groups excluding carboxylic acids is 1. The number of cyclic esters (lactones) is 1. The third-order valence-corrected chi connectivity index (χ3v) is 8.75. The van der Waals surface area contributed by atoms with Gasteiger partial charge < -0.3 is 9.47 Å². The fourth-order valence-corrected chi connectivity index (χ4v) is 6.18. The molecule has 3 aromatic rings. The van der Waals surface area contributed by atoms with Gasteiger partial charge in [-0.15, -0.1) is 0 Å². The quantitative estimate of drug-likeness (QED) is 0.135. The normalized spacial score (nSPS) is 19.7. The predicted octanol–water partition coefficient (Wildman–Crippen LogP) is 8.01. The highest BCUT2D eigenvalue weighted by Gasteiger charge is 2.42. The van der Waals surface area contributed by atoms with Crippen molar-refractivity contribution in [3.05, 3.63) is 108 Å². The fourth-order valence-electron chi connectivity index (χ4n) is 5.37. The molecule has 0 aliphatic carbocycles. The van der Waals surface area contributed by atoms with Crippen molar-refractivity contribution in [2.24, 2.45) is 23.7 Å². The molecule has 0 aromatic heterocycles. The minimum Gasteiger partial charge on any atom is -0.461 e. The number of carbonyl (C=O) groups is 1. The van der Waals surface area contributed by atoms with Gasteiger partial charge in [0, 0.05) is 0 Å². The first-order valence-electron chi connectivity index (χ1n) is 13.5. The Morgan fingerprint density at radius 2 is 1.30 bits per heavy atom. The zero-order valence-corrected chi connectivity index (χ0v) is 23.9. The molecule has 37 heavy (non-hydrogen) atoms. The molecule has 4 atom stereocenters. The van der Waals surface area contributed by atoms with Crippen molar-refractivity contribution in [2.45, 2.75) is 57.1 Å². The molecule has 1 saturated heterocycles. The van der Waals surface area contributed by atoms with Crippen LogP contribution in [0.3, 0.4) is 0 Å². The molecule has 1 fully saturated rings. The van der Waals surface area contributed by atoms with E-state index in [1.54, 1.807) is 0 Å². The SMILES string of the molecule is CC(C)[C@@H](COC(c1ccccc1)(c1ccccc1)c1ccccc1)C[C@@H](Br)[C@@H]1C[C@@H](C(C)C)C(=O)O1. The second-order valence-corrected chi connectivity index (χ2v) is 12.1. The van der Waals surface area contributed by atoms with E-state index in [9.17, 15) is 4.79 Å². The summed E-state index contributed by atoms with van der Waals surface area (Å²) in [5, 5.41) is 0. The van der Waals surface area contributed by atoms with Gasteiger partial charge in [-0.05, 0) is 47.3 Å². The number of benzene rings is 3. The topological polar surface area (TPSA) is 35.5 Å². The van der Waals surface area contributed by atoms with E-state index >= 15 is 0 Å². The lowest BCUT2D eigenvalue weighted by Gasteiger charge is -2.38. The molecule has 0 amide bonds. The van der Waals surface area contributed by atoms with Gasteiger partial charge in [0.15, 0.2) is 0 Å². The summed E-state index contributed by atoms with van der Waals surface area (Å²) in [6.07, 6.45) is 1.55. The van der Waals surface area contributed by atoms with Gasteiger partial charge in [-0.3, -0.25) is 4.79 Å². The highest BCUT2D eigenvalue weighted by molar-refractivity contribution is 9.09. The Kier molecular flexibility index (Phi) is 9.26. The average Bonchev–Trinajstić information content (AvgIpc) is 3.32. The van der Waals surface area contributed by atoms with Crippen molar-refractivity contribution in [3.8, 4) is 0 Å². The highest BCUT2D eigenvalue weighted by Crippen LogP contribution is 2.42. The van der Waals surface area contributed by atoms with Crippen molar-refractivity contribution in [1.82, 2.24) is 0 Å². The van der Waals surface area contributed by atoms with Gasteiger partial charge in [0.25, 0.3) is 0 Å². The summed E-state index contributed by atoms with van der Waals surface area (Å²) in [6, 6.07) is 31.5. The van der Waals surface area contributed by atoms with Gasteiger partial charge >= 0.3 is 5.97 Å². The first-order chi connectivity index (χ1) is 17.8. The van der Waals surface area contributed by atoms with Crippen LogP contribution in [0.25, 0.3) is 0 Å². The number of halogens is 1. The first-order valence-corrected chi connectivity index (χ1v) is 14.4. The van der Waals surface area contributed by atoms with Crippen molar-refractivity contribution in [3.63, 3.8) is 0 Å². The van der Waals surface area contributed by atoms with E-state index in [0.29, 0.717) is 18.4 Å². The summed E-state index contributed by atoms with van der Waals surface area (Å²) in [5.74, 6) is 0.901. The lowest BCUT2D eigenvalue weighted by molar-refractivity contribution is -0.145. The number of alkyl halides is 1. The standard InChI is InChI=1S/C33H39BrO3/c1-23(2)25(20-30(34)31-21-29(24(3)4)32(35)37-31)22-36-33(26-14-8-5-9-15-26,27-16-10-6-11-17-27)28-18-12-7-13-19-28/h5-19,23-25,29-31H,20-22H2,1-4H3/t25-,29+,30-,31+/m1/s1. The zero-order chi connectivity index (χ0) is 26.4. The van der Waals surface area contributed by atoms with E-state index in [0.717, 1.165) is 29.5 Å². The Morgan fingerprint density at radius 1 is 0.838 bits per heavy atom. The molecule has 4 rings (SSSR count). The molecule has 196 valence electrons. The van der Waals surface area contributed by atoms with E-state index in [4.69, 9.17) is 9.47 Å². The molecule has 4 heteroatoms. The number of hydrogen-bond donors (Lipinski definition) is 0. The van der Waals surface area contributed by atoms with Crippen LogP contribution >= 0.6 is 15.9 Å². The number of esters is 1. The molecule has 0 radical (unpaired) electrons. The Balaban J connectivity index is 1.63. The molecule has 1 heterocycles. The van der Waals surface area contributed by atoms with Crippen LogP contribution in [0.2, 0.25) is 0 Å². The van der Waals surface area contributed by atoms with E-state index < -0.39 is 5.60 Å². The Hall–Kier alpha value is -2.43. The maximum absolute atomic E-state index is 12.4. The van der Waals surface area contributed by atoms with Crippen molar-refractivity contribution in [1.29, 1.82) is 0 Å². The molecule has 3 nitrogen and oxygen atoms in total. The summed E-state index contributed by atoms with van der Waals surface area (Å²) in [5.41, 5.74) is 2.58. The zero-order valence-electron chi connectivity index (χ0n) is 22.3. The minimum atomic E-state index is -0.735. The monoisotopic (exact) mass is 562 g/mol. The van der Waals surface area contributed by atoms with Gasteiger partial charge in [0.2, 0.25) is 0 Å². The highest BCUT2D eigenvalue weighted by atomic mass is 79.9. The number of ether oxygens (including phenoxy) is 2. The minimum absolute atomic E-state index is 0.0132. The van der Waals surface area contributed by atoms with Crippen molar-refractivity contribution >= 4 is 21.9 Å². The van der Waals surface area contributed by atoms with Crippen LogP contribution < -0.4 is 0 Å². The van der Waals surface area contributed by atoms with Crippen LogP contribution in [-0.2, 0) is 19.9 Å². The predicted molar refractivity (Wildman–Crippen MR) is 154 cm³/mol. The number of rotatable bonds is 11. The summed E-state index contributed by atoms with van der Waals surface area (Å²) in [6.45, 7) is 9.27. The summed E-state index contributed by atoms with van der Waals surface area (Å²) in [7, 11) is 0. The van der Waals surface area contributed by atoms with E-state index in [-0.39, 0.29) is 28.7 Å². The van der Waals surface area contributed by atoms with Gasteiger partial charge in [-0.2, -0.15) is 0 Å². The molecular formula is C33H39BrO3. The summed E-state index contributed by atoms with van der Waals surface area (Å²) in [4.78, 5) is 12.5. The molecule has 0 bridgehead atoms. The second-order valence-electron chi connectivity index (χ2n) is 10.9. The maximum Gasteiger partial charge on any atom is 0.309 e. The molecule has 3 aromatic carbocycles. The summed E-state index contributed by atoms with van der Waals surface area (Å²) < 4.78 is 12.9. The summed E-state index contributed by atoms with van der Waals surface area (Å²) >= 11 is 3.90. The molecule has 1 aliphatic heterocycles. The maximum atomic E-state index is 12.4. The third kappa shape index (κ3) is 6.18. The molecule has 0 unspecified atom stereocenters. The second kappa shape index (κ2) is 12.4. The first kappa shape index (κ1) is 27.6. The van der Waals surface area contributed by atoms with Crippen LogP contribution in [0.1, 0.15) is 57.2 Å². The van der Waals surface area contributed by atoms with Crippen molar-refractivity contribution in [2.75, 3.05) is 6.61 Å². The van der Waals surface area contributed by atoms with Crippen LogP contribution in [0.4, 0.5) is 0 Å². The van der Waals surface area contributed by atoms with Gasteiger partial charge in [-0.1, -0.05) is 135 Å². The molecule has 0 saturated carbocycles. The molecule has 0 spiro atoms. The number of hydrogen-bond acceptors (Lipinski definition) is 3. The largest absolute Gasteiger partial charge is 0.461 e. The Morgan fingerprint density at radius 3 is 1.68 bits per heavy atom. The van der Waals surface area contributed by atoms with Gasteiger partial charge in [0.05, 0.1) is 17.4 Å². The molecule has 0 N–H and O–H groups in total. The van der Waals surface area contributed by atoms with Crippen molar-refractivity contribution < 1.29 is 14.3 Å².